The Balaban J connectivity index is 2.50. The molecule has 0 unspecified atom stereocenters. The fourth-order valence-electron chi connectivity index (χ4n) is 2.16. The Hall–Kier alpha value is -1.63. The van der Waals surface area contributed by atoms with Crippen molar-refractivity contribution in [2.75, 3.05) is 20.8 Å². The normalized spacial score (nSPS) is 12.5. The van der Waals surface area contributed by atoms with E-state index in [4.69, 9.17) is 21.1 Å². The first kappa shape index (κ1) is 19.7. The van der Waals surface area contributed by atoms with Crippen LogP contribution in [0, 0.1) is 0 Å². The van der Waals surface area contributed by atoms with Crippen LogP contribution in [0.3, 0.4) is 0 Å². The molecular formula is C18H23ClN2O3S. The molecule has 0 aliphatic carbocycles. The minimum Gasteiger partial charge on any atom is -0.496 e. The van der Waals surface area contributed by atoms with E-state index in [1.807, 2.05) is 10.8 Å². The number of aromatic nitrogens is 1. The minimum atomic E-state index is -0.382. The predicted molar refractivity (Wildman–Crippen MR) is 101 cm³/mol. The number of nitrogens with zero attached hydrogens (tertiary/aromatic N) is 2. The lowest BCUT2D eigenvalue weighted by molar-refractivity contribution is 0.0994. The molecule has 0 N–H and O–H groups in total. The van der Waals surface area contributed by atoms with Crippen molar-refractivity contribution in [1.29, 1.82) is 0 Å². The molecule has 1 amide bonds. The maximum absolute atomic E-state index is 12.7. The number of halogens is 1. The van der Waals surface area contributed by atoms with E-state index >= 15 is 0 Å². The summed E-state index contributed by atoms with van der Waals surface area (Å²) in [7, 11) is 3.16. The van der Waals surface area contributed by atoms with Gasteiger partial charge in [-0.25, -0.2) is 0 Å². The number of carbonyl (C=O) groups excluding carboxylic acids is 1. The van der Waals surface area contributed by atoms with Crippen molar-refractivity contribution >= 4 is 28.8 Å². The number of ether oxygens (including phenoxy) is 2. The van der Waals surface area contributed by atoms with Crippen LogP contribution in [-0.2, 0) is 16.7 Å². The quantitative estimate of drug-likeness (QED) is 0.788. The van der Waals surface area contributed by atoms with Crippen molar-refractivity contribution in [2.24, 2.45) is 4.99 Å². The Kier molecular flexibility index (Phi) is 6.43. The topological polar surface area (TPSA) is 52.8 Å². The van der Waals surface area contributed by atoms with E-state index in [1.54, 1.807) is 25.3 Å². The lowest BCUT2D eigenvalue weighted by atomic mass is 9.95. The number of carbonyl (C=O) groups is 1. The third-order valence-corrected chi connectivity index (χ3v) is 5.27. The van der Waals surface area contributed by atoms with Crippen LogP contribution in [0.25, 0.3) is 0 Å². The minimum absolute atomic E-state index is 0.0238. The molecule has 2 rings (SSSR count). The van der Waals surface area contributed by atoms with Crippen LogP contribution in [0.2, 0.25) is 5.02 Å². The molecule has 0 saturated carbocycles. The molecule has 136 valence electrons. The molecule has 0 radical (unpaired) electrons. The Morgan fingerprint density at radius 2 is 2.04 bits per heavy atom. The Morgan fingerprint density at radius 1 is 1.32 bits per heavy atom. The number of methoxy groups -OCH3 is 2. The second-order valence-corrected chi connectivity index (χ2v) is 8.02. The van der Waals surface area contributed by atoms with Crippen molar-refractivity contribution in [2.45, 2.75) is 32.7 Å². The first-order valence-corrected chi connectivity index (χ1v) is 9.08. The summed E-state index contributed by atoms with van der Waals surface area (Å²) in [6, 6.07) is 4.92. The van der Waals surface area contributed by atoms with Crippen LogP contribution in [0.5, 0.6) is 5.75 Å². The SMILES string of the molecule is COCCn1cc(C(C)(C)C)s/c1=N\C(=O)c1cc(Cl)ccc1OC. The van der Waals surface area contributed by atoms with Gasteiger partial charge in [-0.05, 0) is 23.6 Å². The lowest BCUT2D eigenvalue weighted by Gasteiger charge is -2.14. The fourth-order valence-corrected chi connectivity index (χ4v) is 3.40. The molecule has 0 aliphatic heterocycles. The maximum atomic E-state index is 12.7. The Morgan fingerprint density at radius 3 is 2.64 bits per heavy atom. The smallest absolute Gasteiger partial charge is 0.283 e. The van der Waals surface area contributed by atoms with Gasteiger partial charge >= 0.3 is 0 Å². The molecular weight excluding hydrogens is 360 g/mol. The fraction of sp³-hybridized carbons (Fsp3) is 0.444. The summed E-state index contributed by atoms with van der Waals surface area (Å²) in [5.74, 6) is 0.0713. The molecule has 0 fully saturated rings. The second kappa shape index (κ2) is 8.17. The van der Waals surface area contributed by atoms with Crippen LogP contribution in [0.1, 0.15) is 36.0 Å². The van der Waals surface area contributed by atoms with Crippen molar-refractivity contribution in [1.82, 2.24) is 4.57 Å². The van der Waals surface area contributed by atoms with Gasteiger partial charge in [0.1, 0.15) is 5.75 Å². The van der Waals surface area contributed by atoms with Crippen molar-refractivity contribution in [3.8, 4) is 5.75 Å². The van der Waals surface area contributed by atoms with Gasteiger partial charge < -0.3 is 14.0 Å². The third-order valence-electron chi connectivity index (χ3n) is 3.58. The molecule has 0 aliphatic rings. The number of hydrogen-bond acceptors (Lipinski definition) is 4. The third kappa shape index (κ3) is 4.93. The molecule has 1 heterocycles. The van der Waals surface area contributed by atoms with E-state index in [9.17, 15) is 4.79 Å². The van der Waals surface area contributed by atoms with Crippen molar-refractivity contribution in [3.63, 3.8) is 0 Å². The summed E-state index contributed by atoms with van der Waals surface area (Å²) in [6.07, 6.45) is 2.03. The van der Waals surface area contributed by atoms with E-state index in [1.165, 1.54) is 18.4 Å². The van der Waals surface area contributed by atoms with Gasteiger partial charge in [0.15, 0.2) is 4.80 Å². The molecule has 2 aromatic rings. The summed E-state index contributed by atoms with van der Waals surface area (Å²) in [4.78, 5) is 18.8. The predicted octanol–water partition coefficient (Wildman–Crippen LogP) is 3.90. The average Bonchev–Trinajstić information content (AvgIpc) is 2.95. The van der Waals surface area contributed by atoms with E-state index in [-0.39, 0.29) is 11.3 Å². The van der Waals surface area contributed by atoms with Gasteiger partial charge in [0.2, 0.25) is 0 Å². The largest absolute Gasteiger partial charge is 0.496 e. The molecule has 5 nitrogen and oxygen atoms in total. The van der Waals surface area contributed by atoms with Crippen LogP contribution >= 0.6 is 22.9 Å². The van der Waals surface area contributed by atoms with Crippen LogP contribution in [0.4, 0.5) is 0 Å². The zero-order valence-electron chi connectivity index (χ0n) is 15.1. The van der Waals surface area contributed by atoms with Crippen LogP contribution in [0.15, 0.2) is 29.4 Å². The molecule has 7 heteroatoms. The highest BCUT2D eigenvalue weighted by atomic mass is 35.5. The van der Waals surface area contributed by atoms with Gasteiger partial charge in [0.05, 0.1) is 19.3 Å². The summed E-state index contributed by atoms with van der Waals surface area (Å²) in [5.41, 5.74) is 0.323. The Labute approximate surface area is 156 Å². The monoisotopic (exact) mass is 382 g/mol. The first-order valence-electron chi connectivity index (χ1n) is 7.88. The van der Waals surface area contributed by atoms with Gasteiger partial charge in [-0.3, -0.25) is 4.79 Å². The number of amides is 1. The Bertz CT molecular complexity index is 818. The average molecular weight is 383 g/mol. The summed E-state index contributed by atoms with van der Waals surface area (Å²) >= 11 is 7.52. The molecule has 1 aromatic carbocycles. The van der Waals surface area contributed by atoms with Crippen molar-refractivity contribution < 1.29 is 14.3 Å². The highest BCUT2D eigenvalue weighted by Crippen LogP contribution is 2.25. The molecule has 25 heavy (non-hydrogen) atoms. The number of benzene rings is 1. The van der Waals surface area contributed by atoms with Crippen LogP contribution < -0.4 is 9.54 Å². The van der Waals surface area contributed by atoms with Gasteiger partial charge in [-0.1, -0.05) is 32.4 Å². The maximum Gasteiger partial charge on any atom is 0.283 e. The zero-order valence-corrected chi connectivity index (χ0v) is 16.7. The van der Waals surface area contributed by atoms with E-state index in [0.29, 0.717) is 34.3 Å². The van der Waals surface area contributed by atoms with Gasteiger partial charge in [-0.15, -0.1) is 11.3 Å². The number of thiazole rings is 1. The standard InChI is InChI=1S/C18H23ClN2O3S/c1-18(2,3)15-11-21(8-9-23-4)17(25-15)20-16(22)13-10-12(19)6-7-14(13)24-5/h6-7,10-11H,8-9H2,1-5H3/b20-17-. The van der Waals surface area contributed by atoms with E-state index in [0.717, 1.165) is 4.88 Å². The van der Waals surface area contributed by atoms with Crippen molar-refractivity contribution in [3.05, 3.63) is 44.7 Å². The van der Waals surface area contributed by atoms with Gasteiger partial charge in [0.25, 0.3) is 5.91 Å². The molecule has 0 spiro atoms. The van der Waals surface area contributed by atoms with E-state index < -0.39 is 0 Å². The zero-order chi connectivity index (χ0) is 18.6. The highest BCUT2D eigenvalue weighted by molar-refractivity contribution is 7.09. The number of rotatable bonds is 5. The summed E-state index contributed by atoms with van der Waals surface area (Å²) in [6.45, 7) is 7.56. The first-order chi connectivity index (χ1) is 11.8. The lowest BCUT2D eigenvalue weighted by Crippen LogP contribution is -2.18. The molecule has 0 atom stereocenters. The van der Waals surface area contributed by atoms with Crippen LogP contribution in [-0.4, -0.2) is 31.3 Å². The number of hydrogen-bond donors (Lipinski definition) is 0. The summed E-state index contributed by atoms with van der Waals surface area (Å²) in [5, 5.41) is 0.466. The second-order valence-electron chi connectivity index (χ2n) is 6.58. The van der Waals surface area contributed by atoms with Gasteiger partial charge in [-0.2, -0.15) is 4.99 Å². The molecule has 0 saturated heterocycles. The highest BCUT2D eigenvalue weighted by Gasteiger charge is 2.19. The molecule has 0 bridgehead atoms. The molecule has 1 aromatic heterocycles. The summed E-state index contributed by atoms with van der Waals surface area (Å²) < 4.78 is 12.4. The van der Waals surface area contributed by atoms with E-state index in [2.05, 4.69) is 25.8 Å². The van der Waals surface area contributed by atoms with Gasteiger partial charge in [0, 0.05) is 29.8 Å².